The molecule has 1 fully saturated rings. The highest BCUT2D eigenvalue weighted by atomic mass is 32.2. The lowest BCUT2D eigenvalue weighted by molar-refractivity contribution is 0.165. The second-order valence-corrected chi connectivity index (χ2v) is 7.41. The van der Waals surface area contributed by atoms with Crippen LogP contribution in [0.1, 0.15) is 11.3 Å². The zero-order valence-electron chi connectivity index (χ0n) is 12.8. The molecule has 0 atom stereocenters. The molecule has 9 nitrogen and oxygen atoms in total. The number of nitrogens with zero attached hydrogens (tertiary/aromatic N) is 5. The van der Waals surface area contributed by atoms with Gasteiger partial charge in [-0.15, -0.1) is 0 Å². The number of halogens is 2. The monoisotopic (exact) mass is 362 g/mol. The predicted molar refractivity (Wildman–Crippen MR) is 80.5 cm³/mol. The molecule has 3 rings (SSSR count). The Bertz CT molecular complexity index is 848. The summed E-state index contributed by atoms with van der Waals surface area (Å²) in [7, 11) is -4.53. The van der Waals surface area contributed by atoms with Gasteiger partial charge in [-0.25, -0.2) is 18.0 Å². The molecule has 24 heavy (non-hydrogen) atoms. The van der Waals surface area contributed by atoms with Gasteiger partial charge in [-0.1, -0.05) is 0 Å². The Morgan fingerprint density at radius 1 is 1.25 bits per heavy atom. The van der Waals surface area contributed by atoms with Crippen molar-refractivity contribution in [2.24, 2.45) is 0 Å². The van der Waals surface area contributed by atoms with E-state index in [-0.39, 0.29) is 13.1 Å². The van der Waals surface area contributed by atoms with Crippen LogP contribution in [0.4, 0.5) is 14.5 Å². The van der Waals surface area contributed by atoms with Gasteiger partial charge in [0.05, 0.1) is 5.69 Å². The number of aryl methyl sites for hydroxylation is 1. The molecule has 2 N–H and O–H groups in total. The number of aromatic nitrogens is 3. The number of piperazine rings is 1. The van der Waals surface area contributed by atoms with Gasteiger partial charge >= 0.3 is 5.76 Å². The Balaban J connectivity index is 1.73. The normalized spacial score (nSPS) is 17.8. The summed E-state index contributed by atoms with van der Waals surface area (Å²) in [5.41, 5.74) is 8.58. The summed E-state index contributed by atoms with van der Waals surface area (Å²) in [4.78, 5) is 6.19. The van der Waals surface area contributed by atoms with E-state index in [2.05, 4.69) is 19.9 Å². The SMILES string of the molecule is Cc1nc2nonc2c(N)c1CN1CCN(S(=O)(=O)C(F)F)CC1. The molecule has 0 amide bonds. The molecule has 0 spiro atoms. The van der Waals surface area contributed by atoms with E-state index < -0.39 is 15.8 Å². The van der Waals surface area contributed by atoms with E-state index in [1.54, 1.807) is 6.92 Å². The number of hydrogen-bond acceptors (Lipinski definition) is 8. The van der Waals surface area contributed by atoms with Crippen LogP contribution in [0, 0.1) is 6.92 Å². The minimum absolute atomic E-state index is 0.00676. The van der Waals surface area contributed by atoms with E-state index in [4.69, 9.17) is 5.73 Å². The molecule has 0 bridgehead atoms. The van der Waals surface area contributed by atoms with Crippen LogP contribution in [0.2, 0.25) is 0 Å². The lowest BCUT2D eigenvalue weighted by Gasteiger charge is -2.34. The van der Waals surface area contributed by atoms with Gasteiger partial charge in [-0.3, -0.25) is 4.90 Å². The number of nitrogens with two attached hydrogens (primary N) is 1. The zero-order valence-corrected chi connectivity index (χ0v) is 13.6. The highest BCUT2D eigenvalue weighted by molar-refractivity contribution is 7.89. The Morgan fingerprint density at radius 3 is 2.54 bits per heavy atom. The third-order valence-corrected chi connectivity index (χ3v) is 5.60. The zero-order chi connectivity index (χ0) is 17.5. The molecule has 1 saturated heterocycles. The first-order chi connectivity index (χ1) is 11.3. The van der Waals surface area contributed by atoms with Crippen LogP contribution in [0.25, 0.3) is 11.2 Å². The van der Waals surface area contributed by atoms with Crippen LogP contribution in [0.5, 0.6) is 0 Å². The summed E-state index contributed by atoms with van der Waals surface area (Å²) in [5.74, 6) is -3.40. The summed E-state index contributed by atoms with van der Waals surface area (Å²) < 4.78 is 53.5. The van der Waals surface area contributed by atoms with Crippen LogP contribution in [0.3, 0.4) is 0 Å². The molecule has 0 radical (unpaired) electrons. The Labute approximate surface area is 136 Å². The van der Waals surface area contributed by atoms with E-state index in [1.807, 2.05) is 4.90 Å². The second-order valence-electron chi connectivity index (χ2n) is 5.51. The van der Waals surface area contributed by atoms with E-state index >= 15 is 0 Å². The van der Waals surface area contributed by atoms with Crippen molar-refractivity contribution in [1.82, 2.24) is 24.5 Å². The maximum Gasteiger partial charge on any atom is 0.350 e. The van der Waals surface area contributed by atoms with Gasteiger partial charge in [0, 0.05) is 44.0 Å². The van der Waals surface area contributed by atoms with Crippen molar-refractivity contribution >= 4 is 26.9 Å². The van der Waals surface area contributed by atoms with E-state index in [1.165, 1.54) is 0 Å². The Morgan fingerprint density at radius 2 is 1.92 bits per heavy atom. The number of alkyl halides is 2. The summed E-state index contributed by atoms with van der Waals surface area (Å²) in [6, 6.07) is 0. The molecule has 0 unspecified atom stereocenters. The van der Waals surface area contributed by atoms with Crippen molar-refractivity contribution in [3.05, 3.63) is 11.3 Å². The van der Waals surface area contributed by atoms with Crippen LogP contribution in [0.15, 0.2) is 4.63 Å². The predicted octanol–water partition coefficient (Wildman–Crippen LogP) is 0.178. The summed E-state index contributed by atoms with van der Waals surface area (Å²) in [6.45, 7) is 2.84. The minimum Gasteiger partial charge on any atom is -0.396 e. The number of hydrogen-bond donors (Lipinski definition) is 1. The molecule has 2 aromatic heterocycles. The van der Waals surface area contributed by atoms with Crippen molar-refractivity contribution in [3.8, 4) is 0 Å². The van der Waals surface area contributed by atoms with Gasteiger partial charge in [0.1, 0.15) is 0 Å². The van der Waals surface area contributed by atoms with Crippen molar-refractivity contribution in [2.75, 3.05) is 31.9 Å². The fourth-order valence-electron chi connectivity index (χ4n) is 2.67. The number of sulfonamides is 1. The van der Waals surface area contributed by atoms with Crippen LogP contribution in [-0.2, 0) is 16.6 Å². The maximum atomic E-state index is 12.6. The topological polar surface area (TPSA) is 118 Å². The molecule has 1 aliphatic rings. The first-order valence-electron chi connectivity index (χ1n) is 7.17. The van der Waals surface area contributed by atoms with Crippen molar-refractivity contribution in [1.29, 1.82) is 0 Å². The smallest absolute Gasteiger partial charge is 0.350 e. The van der Waals surface area contributed by atoms with Crippen molar-refractivity contribution in [3.63, 3.8) is 0 Å². The van der Waals surface area contributed by atoms with Gasteiger partial charge in [0.25, 0.3) is 10.0 Å². The maximum absolute atomic E-state index is 12.6. The summed E-state index contributed by atoms with van der Waals surface area (Å²) >= 11 is 0. The molecule has 0 saturated carbocycles. The highest BCUT2D eigenvalue weighted by Gasteiger charge is 2.34. The minimum atomic E-state index is -4.53. The molecule has 1 aliphatic heterocycles. The Kier molecular flexibility index (Phi) is 4.36. The average Bonchev–Trinajstić information content (AvgIpc) is 3.00. The van der Waals surface area contributed by atoms with E-state index in [0.717, 1.165) is 9.87 Å². The molecule has 12 heteroatoms. The number of rotatable bonds is 4. The second kappa shape index (κ2) is 6.18. The summed E-state index contributed by atoms with van der Waals surface area (Å²) in [5, 5.41) is 7.36. The lowest BCUT2D eigenvalue weighted by Crippen LogP contribution is -2.49. The molecule has 132 valence electrons. The van der Waals surface area contributed by atoms with Gasteiger partial charge in [-0.05, 0) is 17.2 Å². The largest absolute Gasteiger partial charge is 0.396 e. The summed E-state index contributed by atoms with van der Waals surface area (Å²) in [6.07, 6.45) is 0. The van der Waals surface area contributed by atoms with Crippen LogP contribution in [-0.4, -0.2) is 64.9 Å². The number of nitrogen functional groups attached to an aromatic ring is 1. The van der Waals surface area contributed by atoms with Gasteiger partial charge < -0.3 is 5.73 Å². The van der Waals surface area contributed by atoms with Crippen LogP contribution >= 0.6 is 0 Å². The van der Waals surface area contributed by atoms with Gasteiger partial charge in [-0.2, -0.15) is 13.1 Å². The fraction of sp³-hybridized carbons (Fsp3) is 0.583. The molecule has 0 aromatic carbocycles. The van der Waals surface area contributed by atoms with E-state index in [9.17, 15) is 17.2 Å². The third-order valence-electron chi connectivity index (χ3n) is 4.06. The Hall–Kier alpha value is -1.92. The van der Waals surface area contributed by atoms with Crippen molar-refractivity contribution < 1.29 is 21.8 Å². The first kappa shape index (κ1) is 16.9. The van der Waals surface area contributed by atoms with Gasteiger partial charge in [0.2, 0.25) is 5.65 Å². The number of pyridine rings is 1. The fourth-order valence-corrected chi connectivity index (χ4v) is 3.57. The number of fused-ring (bicyclic) bond motifs is 1. The first-order valence-corrected chi connectivity index (χ1v) is 8.67. The van der Waals surface area contributed by atoms with E-state index in [0.29, 0.717) is 42.2 Å². The molecule has 3 heterocycles. The standard InChI is InChI=1S/C12H16F2N6O3S/c1-7-8(9(15)10-11(16-7)18-23-17-10)6-19-2-4-20(5-3-19)24(21,22)12(13)14/h12H,2-6,15H2,1H3. The third kappa shape index (κ3) is 2.91. The van der Waals surface area contributed by atoms with Crippen LogP contribution < -0.4 is 5.73 Å². The van der Waals surface area contributed by atoms with Crippen molar-refractivity contribution in [2.45, 2.75) is 19.2 Å². The number of anilines is 1. The molecule has 0 aliphatic carbocycles. The molecular weight excluding hydrogens is 346 g/mol. The average molecular weight is 362 g/mol. The molecular formula is C12H16F2N6O3S. The van der Waals surface area contributed by atoms with Gasteiger partial charge in [0.15, 0.2) is 5.52 Å². The lowest BCUT2D eigenvalue weighted by atomic mass is 10.1. The quantitative estimate of drug-likeness (QED) is 0.818. The highest BCUT2D eigenvalue weighted by Crippen LogP contribution is 2.25. The molecule has 2 aromatic rings.